The van der Waals surface area contributed by atoms with Gasteiger partial charge in [0, 0.05) is 37.4 Å². The number of hydrogen-bond donors (Lipinski definition) is 2. The summed E-state index contributed by atoms with van der Waals surface area (Å²) in [5, 5.41) is 8.10. The first-order chi connectivity index (χ1) is 17.2. The molecular formula is C26H28N8O. The summed E-state index contributed by atoms with van der Waals surface area (Å²) in [4.78, 5) is 17.6. The Kier molecular flexibility index (Phi) is 5.55. The topological polar surface area (TPSA) is 86.6 Å². The number of methoxy groups -OCH3 is 1. The molecular weight excluding hydrogens is 440 g/mol. The highest BCUT2D eigenvalue weighted by molar-refractivity contribution is 5.80. The fraction of sp³-hybridized carbons (Fsp3) is 0.269. The van der Waals surface area contributed by atoms with Gasteiger partial charge in [-0.15, -0.1) is 5.10 Å². The SMILES string of the molecule is COc1ccccc1-c1ccc2cnc(Nc3ccc4nc(CN5CCN(C)CC5)[nH]c4c3)nn12. The van der Waals surface area contributed by atoms with Crippen molar-refractivity contribution in [1.29, 1.82) is 0 Å². The van der Waals surface area contributed by atoms with Crippen LogP contribution in [-0.2, 0) is 6.54 Å². The molecule has 5 aromatic rings. The van der Waals surface area contributed by atoms with E-state index >= 15 is 0 Å². The Hall–Kier alpha value is -3.95. The number of H-pyrrole nitrogens is 1. The standard InChI is InChI=1S/C26H28N8O/c1-32-11-13-33(14-12-32)17-25-29-21-9-7-18(15-22(21)30-25)28-26-27-16-19-8-10-23(34(19)31-26)20-5-3-4-6-24(20)35-2/h3-10,15-16H,11-14,17H2,1-2H3,(H,28,31)(H,29,30). The molecule has 0 unspecified atom stereocenters. The van der Waals surface area contributed by atoms with Crippen LogP contribution in [0.4, 0.5) is 11.6 Å². The first kappa shape index (κ1) is 21.6. The smallest absolute Gasteiger partial charge is 0.245 e. The molecule has 1 aliphatic heterocycles. The Labute approximate surface area is 203 Å². The van der Waals surface area contributed by atoms with Crippen molar-refractivity contribution < 1.29 is 4.74 Å². The quantitative estimate of drug-likeness (QED) is 0.392. The molecule has 0 bridgehead atoms. The van der Waals surface area contributed by atoms with Crippen LogP contribution in [0.15, 0.2) is 60.8 Å². The lowest BCUT2D eigenvalue weighted by atomic mass is 10.1. The number of piperazine rings is 1. The summed E-state index contributed by atoms with van der Waals surface area (Å²) in [6.07, 6.45) is 1.82. The summed E-state index contributed by atoms with van der Waals surface area (Å²) < 4.78 is 7.44. The van der Waals surface area contributed by atoms with Crippen molar-refractivity contribution in [3.8, 4) is 17.0 Å². The predicted octanol–water partition coefficient (Wildman–Crippen LogP) is 3.77. The van der Waals surface area contributed by atoms with Crippen molar-refractivity contribution in [3.05, 3.63) is 66.6 Å². The lowest BCUT2D eigenvalue weighted by molar-refractivity contribution is 0.146. The number of ether oxygens (including phenoxy) is 1. The third-order valence-electron chi connectivity index (χ3n) is 6.54. The molecule has 2 N–H and O–H groups in total. The molecule has 2 aromatic carbocycles. The first-order valence-corrected chi connectivity index (χ1v) is 11.8. The number of aromatic amines is 1. The molecule has 1 saturated heterocycles. The molecule has 0 atom stereocenters. The van der Waals surface area contributed by atoms with Crippen LogP contribution in [0, 0.1) is 0 Å². The molecule has 9 nitrogen and oxygen atoms in total. The van der Waals surface area contributed by atoms with Crippen LogP contribution >= 0.6 is 0 Å². The summed E-state index contributed by atoms with van der Waals surface area (Å²) in [5.74, 6) is 2.31. The van der Waals surface area contributed by atoms with E-state index < -0.39 is 0 Å². The van der Waals surface area contributed by atoms with Gasteiger partial charge in [-0.3, -0.25) is 4.90 Å². The van der Waals surface area contributed by atoms with Crippen LogP contribution in [0.3, 0.4) is 0 Å². The van der Waals surface area contributed by atoms with E-state index in [-0.39, 0.29) is 0 Å². The van der Waals surface area contributed by atoms with E-state index in [1.54, 1.807) is 7.11 Å². The second kappa shape index (κ2) is 9.01. The van der Waals surface area contributed by atoms with E-state index in [0.29, 0.717) is 5.95 Å². The Morgan fingerprint density at radius 3 is 2.74 bits per heavy atom. The summed E-state index contributed by atoms with van der Waals surface area (Å²) in [5.41, 5.74) is 5.69. The summed E-state index contributed by atoms with van der Waals surface area (Å²) in [6.45, 7) is 5.16. The third kappa shape index (κ3) is 4.31. The number of benzene rings is 2. The highest BCUT2D eigenvalue weighted by Gasteiger charge is 2.16. The van der Waals surface area contributed by atoms with Crippen LogP contribution in [0.1, 0.15) is 5.82 Å². The fourth-order valence-electron chi connectivity index (χ4n) is 4.58. The maximum atomic E-state index is 5.55. The molecule has 1 fully saturated rings. The summed E-state index contributed by atoms with van der Waals surface area (Å²) in [7, 11) is 3.85. The molecule has 1 aliphatic rings. The fourth-order valence-corrected chi connectivity index (χ4v) is 4.58. The van der Waals surface area contributed by atoms with Crippen molar-refractivity contribution >= 4 is 28.2 Å². The number of nitrogens with one attached hydrogen (secondary N) is 2. The summed E-state index contributed by atoms with van der Waals surface area (Å²) >= 11 is 0. The van der Waals surface area contributed by atoms with Gasteiger partial charge in [0.15, 0.2) is 0 Å². The van der Waals surface area contributed by atoms with Gasteiger partial charge in [0.25, 0.3) is 0 Å². The van der Waals surface area contributed by atoms with Crippen molar-refractivity contribution in [3.63, 3.8) is 0 Å². The Balaban J connectivity index is 1.25. The van der Waals surface area contributed by atoms with Crippen molar-refractivity contribution in [2.24, 2.45) is 0 Å². The largest absolute Gasteiger partial charge is 0.496 e. The molecule has 0 radical (unpaired) electrons. The summed E-state index contributed by atoms with van der Waals surface area (Å²) in [6, 6.07) is 18.1. The van der Waals surface area contributed by atoms with Crippen LogP contribution in [0.5, 0.6) is 5.75 Å². The highest BCUT2D eigenvalue weighted by atomic mass is 16.5. The average molecular weight is 469 g/mol. The molecule has 0 amide bonds. The maximum Gasteiger partial charge on any atom is 0.245 e. The number of fused-ring (bicyclic) bond motifs is 2. The minimum Gasteiger partial charge on any atom is -0.496 e. The zero-order valence-corrected chi connectivity index (χ0v) is 19.9. The van der Waals surface area contributed by atoms with Gasteiger partial charge in [0.05, 0.1) is 42.1 Å². The van der Waals surface area contributed by atoms with E-state index in [0.717, 1.165) is 77.8 Å². The van der Waals surface area contributed by atoms with Crippen LogP contribution in [0.2, 0.25) is 0 Å². The number of anilines is 2. The van der Waals surface area contributed by atoms with Gasteiger partial charge in [-0.2, -0.15) is 0 Å². The van der Waals surface area contributed by atoms with E-state index in [9.17, 15) is 0 Å². The van der Waals surface area contributed by atoms with Crippen LogP contribution in [0.25, 0.3) is 27.8 Å². The van der Waals surface area contributed by atoms with Gasteiger partial charge in [0.2, 0.25) is 5.95 Å². The van der Waals surface area contributed by atoms with E-state index in [1.807, 2.05) is 59.2 Å². The molecule has 0 spiro atoms. The number of aromatic nitrogens is 5. The van der Waals surface area contributed by atoms with Crippen LogP contribution < -0.4 is 10.1 Å². The van der Waals surface area contributed by atoms with Gasteiger partial charge in [-0.25, -0.2) is 14.5 Å². The highest BCUT2D eigenvalue weighted by Crippen LogP contribution is 2.31. The Bertz CT molecular complexity index is 1480. The molecule has 35 heavy (non-hydrogen) atoms. The maximum absolute atomic E-state index is 5.55. The number of nitrogens with zero attached hydrogens (tertiary/aromatic N) is 6. The zero-order chi connectivity index (χ0) is 23.8. The molecule has 3 aromatic heterocycles. The molecule has 0 saturated carbocycles. The van der Waals surface area contributed by atoms with Crippen LogP contribution in [-0.4, -0.2) is 74.7 Å². The Morgan fingerprint density at radius 2 is 1.89 bits per heavy atom. The lowest BCUT2D eigenvalue weighted by Crippen LogP contribution is -2.44. The van der Waals surface area contributed by atoms with Crippen molar-refractivity contribution in [2.75, 3.05) is 45.7 Å². The molecule has 178 valence electrons. The predicted molar refractivity (Wildman–Crippen MR) is 137 cm³/mol. The number of imidazole rings is 1. The zero-order valence-electron chi connectivity index (χ0n) is 19.9. The average Bonchev–Trinajstić information content (AvgIpc) is 3.48. The third-order valence-corrected chi connectivity index (χ3v) is 6.54. The van der Waals surface area contributed by atoms with Crippen molar-refractivity contribution in [1.82, 2.24) is 34.4 Å². The molecule has 0 aliphatic carbocycles. The van der Waals surface area contributed by atoms with Crippen molar-refractivity contribution in [2.45, 2.75) is 6.54 Å². The normalized spacial score (nSPS) is 15.1. The van der Waals surface area contributed by atoms with Gasteiger partial charge >= 0.3 is 0 Å². The number of likely N-dealkylation sites (N-methyl/N-ethyl adjacent to an activating group) is 1. The molecule has 6 rings (SSSR count). The van der Waals surface area contributed by atoms with E-state index in [2.05, 4.69) is 38.2 Å². The van der Waals surface area contributed by atoms with E-state index in [4.69, 9.17) is 14.8 Å². The van der Waals surface area contributed by atoms with Gasteiger partial charge in [0.1, 0.15) is 11.6 Å². The second-order valence-electron chi connectivity index (χ2n) is 8.96. The molecule has 9 heteroatoms. The minimum atomic E-state index is 0.515. The van der Waals surface area contributed by atoms with Gasteiger partial charge in [-0.05, 0) is 49.5 Å². The number of hydrogen-bond acceptors (Lipinski definition) is 7. The lowest BCUT2D eigenvalue weighted by Gasteiger charge is -2.31. The number of rotatable bonds is 6. The Morgan fingerprint density at radius 1 is 1.03 bits per heavy atom. The first-order valence-electron chi connectivity index (χ1n) is 11.8. The molecule has 4 heterocycles. The van der Waals surface area contributed by atoms with Gasteiger partial charge < -0.3 is 19.9 Å². The van der Waals surface area contributed by atoms with Gasteiger partial charge in [-0.1, -0.05) is 12.1 Å². The second-order valence-corrected chi connectivity index (χ2v) is 8.96. The number of para-hydroxylation sites is 1. The monoisotopic (exact) mass is 468 g/mol. The minimum absolute atomic E-state index is 0.515. The van der Waals surface area contributed by atoms with E-state index in [1.165, 1.54) is 0 Å².